The van der Waals surface area contributed by atoms with Gasteiger partial charge in [0.05, 0.1) is 0 Å². The van der Waals surface area contributed by atoms with E-state index in [9.17, 15) is 5.11 Å². The van der Waals surface area contributed by atoms with Crippen LogP contribution in [0.15, 0.2) is 52.3 Å². The van der Waals surface area contributed by atoms with Crippen molar-refractivity contribution >= 4 is 11.8 Å². The monoisotopic (exact) mass is 260 g/mol. The second kappa shape index (κ2) is 5.77. The smallest absolute Gasteiger partial charge is 0.0439 e. The third kappa shape index (κ3) is 3.06. The van der Waals surface area contributed by atoms with Crippen LogP contribution in [0.5, 0.6) is 0 Å². The van der Waals surface area contributed by atoms with Crippen molar-refractivity contribution in [3.05, 3.63) is 53.0 Å². The molecule has 1 aromatic carbocycles. The number of allylic oxidation sites excluding steroid dienone is 3. The standard InChI is InChI=1S/C16H20OS/c1-11(2)18-16-7-5-4-6-14(16)13(8-9-17)15-10-12(15)3/h4-7,10,12-13,17H,1,8-9H2,2-3H3/t12-,13?/m1/s1. The van der Waals surface area contributed by atoms with E-state index < -0.39 is 0 Å². The van der Waals surface area contributed by atoms with Gasteiger partial charge in [-0.25, -0.2) is 0 Å². The first-order valence-corrected chi connectivity index (χ1v) is 7.20. The molecule has 0 aliphatic heterocycles. The second-order valence-corrected chi connectivity index (χ2v) is 6.20. The van der Waals surface area contributed by atoms with Gasteiger partial charge >= 0.3 is 0 Å². The van der Waals surface area contributed by atoms with Crippen LogP contribution >= 0.6 is 11.8 Å². The normalized spacial score (nSPS) is 19.3. The molecule has 1 N–H and O–H groups in total. The topological polar surface area (TPSA) is 20.2 Å². The molecule has 1 aromatic rings. The third-order valence-electron chi connectivity index (χ3n) is 3.26. The fourth-order valence-corrected chi connectivity index (χ4v) is 3.20. The number of benzene rings is 1. The van der Waals surface area contributed by atoms with Gasteiger partial charge in [-0.2, -0.15) is 0 Å². The van der Waals surface area contributed by atoms with Crippen LogP contribution in [-0.2, 0) is 0 Å². The number of hydrogen-bond donors (Lipinski definition) is 1. The molecule has 1 aliphatic carbocycles. The zero-order chi connectivity index (χ0) is 13.1. The Morgan fingerprint density at radius 2 is 2.11 bits per heavy atom. The molecule has 0 saturated carbocycles. The van der Waals surface area contributed by atoms with E-state index in [-0.39, 0.29) is 6.61 Å². The summed E-state index contributed by atoms with van der Waals surface area (Å²) in [7, 11) is 0. The van der Waals surface area contributed by atoms with Crippen molar-refractivity contribution in [2.24, 2.45) is 5.92 Å². The lowest BCUT2D eigenvalue weighted by Gasteiger charge is -2.18. The van der Waals surface area contributed by atoms with E-state index in [1.54, 1.807) is 11.8 Å². The molecular formula is C16H20OS. The molecular weight excluding hydrogens is 240 g/mol. The Morgan fingerprint density at radius 3 is 2.67 bits per heavy atom. The van der Waals surface area contributed by atoms with Gasteiger partial charge in [-0.3, -0.25) is 0 Å². The Morgan fingerprint density at radius 1 is 1.44 bits per heavy atom. The highest BCUT2D eigenvalue weighted by atomic mass is 32.2. The van der Waals surface area contributed by atoms with Gasteiger partial charge in [-0.1, -0.05) is 55.1 Å². The first-order valence-electron chi connectivity index (χ1n) is 6.38. The van der Waals surface area contributed by atoms with Gasteiger partial charge in [-0.15, -0.1) is 0 Å². The summed E-state index contributed by atoms with van der Waals surface area (Å²) >= 11 is 1.72. The van der Waals surface area contributed by atoms with Crippen LogP contribution in [0, 0.1) is 5.92 Å². The summed E-state index contributed by atoms with van der Waals surface area (Å²) in [4.78, 5) is 2.37. The number of aliphatic hydroxyl groups excluding tert-OH is 1. The summed E-state index contributed by atoms with van der Waals surface area (Å²) in [6.07, 6.45) is 3.10. The Hall–Kier alpha value is -0.990. The van der Waals surface area contributed by atoms with Crippen LogP contribution in [0.4, 0.5) is 0 Å². The highest BCUT2D eigenvalue weighted by Gasteiger charge is 2.29. The van der Waals surface area contributed by atoms with E-state index in [1.165, 1.54) is 16.0 Å². The fourth-order valence-electron chi connectivity index (χ4n) is 2.35. The lowest BCUT2D eigenvalue weighted by Crippen LogP contribution is -2.03. The van der Waals surface area contributed by atoms with E-state index in [2.05, 4.69) is 43.8 Å². The van der Waals surface area contributed by atoms with Gasteiger partial charge < -0.3 is 5.11 Å². The maximum absolute atomic E-state index is 9.28. The summed E-state index contributed by atoms with van der Waals surface area (Å²) in [5.74, 6) is 0.970. The molecule has 0 radical (unpaired) electrons. The van der Waals surface area contributed by atoms with Gasteiger partial charge in [0.2, 0.25) is 0 Å². The number of thioether (sulfide) groups is 1. The first-order chi connectivity index (χ1) is 8.63. The molecule has 18 heavy (non-hydrogen) atoms. The van der Waals surface area contributed by atoms with E-state index in [0.29, 0.717) is 11.8 Å². The number of hydrogen-bond acceptors (Lipinski definition) is 2. The zero-order valence-electron chi connectivity index (χ0n) is 11.0. The molecule has 2 rings (SSSR count). The SMILES string of the molecule is C=C(C)Sc1ccccc1C(CCO)C1=C[C@H]1C. The summed E-state index contributed by atoms with van der Waals surface area (Å²) < 4.78 is 0. The quantitative estimate of drug-likeness (QED) is 0.606. The Kier molecular flexibility index (Phi) is 4.31. The van der Waals surface area contributed by atoms with Gasteiger partial charge in [-0.05, 0) is 35.8 Å². The molecule has 0 fully saturated rings. The summed E-state index contributed by atoms with van der Waals surface area (Å²) in [6, 6.07) is 8.47. The molecule has 0 spiro atoms. The Labute approximate surface area is 114 Å². The third-order valence-corrected chi connectivity index (χ3v) is 4.20. The molecule has 0 amide bonds. The van der Waals surface area contributed by atoms with Crippen molar-refractivity contribution in [2.45, 2.75) is 31.1 Å². The van der Waals surface area contributed by atoms with Crippen molar-refractivity contribution in [3.63, 3.8) is 0 Å². The van der Waals surface area contributed by atoms with Crippen molar-refractivity contribution < 1.29 is 5.11 Å². The maximum atomic E-state index is 9.28. The minimum Gasteiger partial charge on any atom is -0.396 e. The van der Waals surface area contributed by atoms with Gasteiger partial charge in [0.25, 0.3) is 0 Å². The van der Waals surface area contributed by atoms with E-state index in [4.69, 9.17) is 0 Å². The van der Waals surface area contributed by atoms with Gasteiger partial charge in [0, 0.05) is 17.4 Å². The highest BCUT2D eigenvalue weighted by molar-refractivity contribution is 8.03. The lowest BCUT2D eigenvalue weighted by molar-refractivity contribution is 0.280. The van der Waals surface area contributed by atoms with E-state index in [0.717, 1.165) is 11.3 Å². The summed E-state index contributed by atoms with van der Waals surface area (Å²) in [5.41, 5.74) is 2.80. The average Bonchev–Trinajstić information content (AvgIpc) is 3.03. The highest BCUT2D eigenvalue weighted by Crippen LogP contribution is 2.45. The molecule has 0 saturated heterocycles. The minimum absolute atomic E-state index is 0.237. The Balaban J connectivity index is 2.29. The average molecular weight is 260 g/mol. The van der Waals surface area contributed by atoms with Crippen LogP contribution in [0.1, 0.15) is 31.7 Å². The fraction of sp³-hybridized carbons (Fsp3) is 0.375. The van der Waals surface area contributed by atoms with Crippen LogP contribution in [0.2, 0.25) is 0 Å². The van der Waals surface area contributed by atoms with Crippen LogP contribution in [-0.4, -0.2) is 11.7 Å². The predicted octanol–water partition coefficient (Wildman–Crippen LogP) is 4.35. The van der Waals surface area contributed by atoms with Crippen LogP contribution < -0.4 is 0 Å². The summed E-state index contributed by atoms with van der Waals surface area (Å²) in [6.45, 7) is 8.45. The van der Waals surface area contributed by atoms with Crippen LogP contribution in [0.3, 0.4) is 0 Å². The maximum Gasteiger partial charge on any atom is 0.0439 e. The number of aliphatic hydroxyl groups is 1. The number of rotatable bonds is 6. The molecule has 2 heteroatoms. The second-order valence-electron chi connectivity index (χ2n) is 4.86. The van der Waals surface area contributed by atoms with Gasteiger partial charge in [0.1, 0.15) is 0 Å². The van der Waals surface area contributed by atoms with Crippen LogP contribution in [0.25, 0.3) is 0 Å². The Bertz CT molecular complexity index is 476. The van der Waals surface area contributed by atoms with Crippen molar-refractivity contribution in [2.75, 3.05) is 6.61 Å². The first kappa shape index (κ1) is 13.4. The molecule has 1 aliphatic rings. The molecule has 1 nitrogen and oxygen atoms in total. The van der Waals surface area contributed by atoms with Crippen molar-refractivity contribution in [1.29, 1.82) is 0 Å². The summed E-state index contributed by atoms with van der Waals surface area (Å²) in [5, 5.41) is 9.28. The predicted molar refractivity (Wildman–Crippen MR) is 78.8 cm³/mol. The zero-order valence-corrected chi connectivity index (χ0v) is 11.8. The molecule has 0 bridgehead atoms. The molecule has 2 atom stereocenters. The molecule has 0 heterocycles. The molecule has 1 unspecified atom stereocenters. The van der Waals surface area contributed by atoms with Crippen molar-refractivity contribution in [3.8, 4) is 0 Å². The minimum atomic E-state index is 0.237. The van der Waals surface area contributed by atoms with Crippen molar-refractivity contribution in [1.82, 2.24) is 0 Å². The van der Waals surface area contributed by atoms with Gasteiger partial charge in [0.15, 0.2) is 0 Å². The van der Waals surface area contributed by atoms with E-state index in [1.807, 2.05) is 6.92 Å². The molecule has 96 valence electrons. The van der Waals surface area contributed by atoms with E-state index >= 15 is 0 Å². The molecule has 0 aromatic heterocycles. The largest absolute Gasteiger partial charge is 0.396 e. The lowest BCUT2D eigenvalue weighted by atomic mass is 9.92.